The number of rotatable bonds is 4. The van der Waals surface area contributed by atoms with E-state index in [2.05, 4.69) is 16.6 Å². The first kappa shape index (κ1) is 14.1. The van der Waals surface area contributed by atoms with Crippen molar-refractivity contribution in [2.75, 3.05) is 7.05 Å². The van der Waals surface area contributed by atoms with Crippen LogP contribution < -0.4 is 10.6 Å². The number of hydrogen-bond donors (Lipinski definition) is 2. The van der Waals surface area contributed by atoms with Crippen LogP contribution in [0.25, 0.3) is 0 Å². The first-order valence-corrected chi connectivity index (χ1v) is 6.41. The Morgan fingerprint density at radius 2 is 1.94 bits per heavy atom. The fourth-order valence-corrected chi connectivity index (χ4v) is 2.48. The second-order valence-electron chi connectivity index (χ2n) is 5.59. The van der Waals surface area contributed by atoms with E-state index < -0.39 is 5.54 Å². The zero-order valence-electron chi connectivity index (χ0n) is 11.2. The monoisotopic (exact) mass is 236 g/mol. The molecule has 0 atom stereocenters. The summed E-state index contributed by atoms with van der Waals surface area (Å²) in [4.78, 5) is 12.0. The molecule has 0 radical (unpaired) electrons. The van der Waals surface area contributed by atoms with Crippen molar-refractivity contribution in [3.05, 3.63) is 0 Å². The van der Waals surface area contributed by atoms with Gasteiger partial charge in [-0.2, -0.15) is 0 Å². The van der Waals surface area contributed by atoms with Gasteiger partial charge in [0.2, 0.25) is 5.91 Å². The molecule has 3 nitrogen and oxygen atoms in total. The van der Waals surface area contributed by atoms with Crippen LogP contribution in [0.2, 0.25) is 0 Å². The maximum Gasteiger partial charge on any atom is 0.223 e. The van der Waals surface area contributed by atoms with Gasteiger partial charge in [-0.1, -0.05) is 25.2 Å². The molecule has 1 fully saturated rings. The summed E-state index contributed by atoms with van der Waals surface area (Å²) in [6.07, 6.45) is 11.7. The van der Waals surface area contributed by atoms with Crippen LogP contribution in [0.5, 0.6) is 0 Å². The second kappa shape index (κ2) is 5.55. The van der Waals surface area contributed by atoms with Gasteiger partial charge in [0.25, 0.3) is 0 Å². The van der Waals surface area contributed by atoms with E-state index in [1.54, 1.807) is 0 Å². The Morgan fingerprint density at radius 3 is 2.41 bits per heavy atom. The molecular formula is C14H24N2O. The van der Waals surface area contributed by atoms with Crippen LogP contribution in [0.4, 0.5) is 0 Å². The van der Waals surface area contributed by atoms with Crippen molar-refractivity contribution >= 4 is 5.91 Å². The first-order valence-electron chi connectivity index (χ1n) is 6.41. The molecule has 0 aromatic heterocycles. The Labute approximate surface area is 105 Å². The summed E-state index contributed by atoms with van der Waals surface area (Å²) in [6.45, 7) is 3.69. The second-order valence-corrected chi connectivity index (χ2v) is 5.59. The van der Waals surface area contributed by atoms with Crippen molar-refractivity contribution in [2.45, 2.75) is 63.5 Å². The summed E-state index contributed by atoms with van der Waals surface area (Å²) in [5.41, 5.74) is -0.576. The minimum Gasteiger partial charge on any atom is -0.340 e. The standard InChI is InChI=1S/C14H24N2O/c1-5-13(2,3)16-12(17)11-14(15-4)9-7-6-8-10-14/h1,15H,6-11H2,2-4H3,(H,16,17). The van der Waals surface area contributed by atoms with Crippen molar-refractivity contribution in [3.8, 4) is 12.3 Å². The maximum atomic E-state index is 12.0. The minimum atomic E-state index is -0.555. The molecule has 17 heavy (non-hydrogen) atoms. The maximum absolute atomic E-state index is 12.0. The van der Waals surface area contributed by atoms with Crippen LogP contribution in [0.3, 0.4) is 0 Å². The van der Waals surface area contributed by atoms with Gasteiger partial charge in [-0.05, 0) is 33.7 Å². The number of amides is 1. The molecule has 0 unspecified atom stereocenters. The molecule has 2 N–H and O–H groups in total. The summed E-state index contributed by atoms with van der Waals surface area (Å²) < 4.78 is 0. The van der Waals surface area contributed by atoms with Crippen LogP contribution in [-0.4, -0.2) is 24.0 Å². The lowest BCUT2D eigenvalue weighted by Crippen LogP contribution is -2.51. The average molecular weight is 236 g/mol. The van der Waals surface area contributed by atoms with E-state index in [0.29, 0.717) is 6.42 Å². The highest BCUT2D eigenvalue weighted by molar-refractivity contribution is 5.78. The molecule has 1 aliphatic carbocycles. The van der Waals surface area contributed by atoms with Gasteiger partial charge < -0.3 is 10.6 Å². The third-order valence-electron chi connectivity index (χ3n) is 3.65. The SMILES string of the molecule is C#CC(C)(C)NC(=O)CC1(NC)CCCCC1. The van der Waals surface area contributed by atoms with E-state index in [4.69, 9.17) is 6.42 Å². The Balaban J connectivity index is 2.57. The van der Waals surface area contributed by atoms with Crippen LogP contribution >= 0.6 is 0 Å². The third-order valence-corrected chi connectivity index (χ3v) is 3.65. The molecule has 0 spiro atoms. The average Bonchev–Trinajstić information content (AvgIpc) is 2.29. The van der Waals surface area contributed by atoms with E-state index in [9.17, 15) is 4.79 Å². The zero-order chi connectivity index (χ0) is 12.9. The third kappa shape index (κ3) is 4.05. The van der Waals surface area contributed by atoms with Gasteiger partial charge in [-0.3, -0.25) is 4.79 Å². The highest BCUT2D eigenvalue weighted by Gasteiger charge is 2.33. The van der Waals surface area contributed by atoms with E-state index in [0.717, 1.165) is 12.8 Å². The fourth-order valence-electron chi connectivity index (χ4n) is 2.48. The van der Waals surface area contributed by atoms with Gasteiger partial charge in [0.05, 0.1) is 5.54 Å². The summed E-state index contributed by atoms with van der Waals surface area (Å²) in [6, 6.07) is 0. The smallest absolute Gasteiger partial charge is 0.223 e. The molecule has 0 aromatic carbocycles. The molecule has 96 valence electrons. The van der Waals surface area contributed by atoms with Crippen molar-refractivity contribution in [3.63, 3.8) is 0 Å². The number of nitrogens with one attached hydrogen (secondary N) is 2. The summed E-state index contributed by atoms with van der Waals surface area (Å²) in [5, 5.41) is 6.24. The molecule has 3 heteroatoms. The van der Waals surface area contributed by atoms with Gasteiger partial charge >= 0.3 is 0 Å². The Bertz CT molecular complexity index is 309. The Hall–Kier alpha value is -1.01. The predicted octanol–water partition coefficient (Wildman–Crippen LogP) is 1.83. The minimum absolute atomic E-state index is 0.0208. The number of carbonyl (C=O) groups is 1. The summed E-state index contributed by atoms with van der Waals surface area (Å²) in [5.74, 6) is 2.63. The molecule has 0 saturated heterocycles. The van der Waals surface area contributed by atoms with Gasteiger partial charge in [0.15, 0.2) is 0 Å². The predicted molar refractivity (Wildman–Crippen MR) is 70.5 cm³/mol. The molecule has 1 amide bonds. The van der Waals surface area contributed by atoms with Crippen molar-refractivity contribution in [1.82, 2.24) is 10.6 Å². The molecule has 0 aromatic rings. The van der Waals surface area contributed by atoms with Crippen LogP contribution in [0, 0.1) is 12.3 Å². The molecule has 1 rings (SSSR count). The highest BCUT2D eigenvalue weighted by atomic mass is 16.1. The summed E-state index contributed by atoms with van der Waals surface area (Å²) >= 11 is 0. The quantitative estimate of drug-likeness (QED) is 0.731. The van der Waals surface area contributed by atoms with Crippen LogP contribution in [-0.2, 0) is 4.79 Å². The van der Waals surface area contributed by atoms with Crippen molar-refractivity contribution < 1.29 is 4.79 Å². The van der Waals surface area contributed by atoms with Crippen molar-refractivity contribution in [1.29, 1.82) is 0 Å². The topological polar surface area (TPSA) is 41.1 Å². The molecule has 0 aliphatic heterocycles. The van der Waals surface area contributed by atoms with E-state index in [1.165, 1.54) is 19.3 Å². The largest absolute Gasteiger partial charge is 0.340 e. The number of terminal acetylenes is 1. The highest BCUT2D eigenvalue weighted by Crippen LogP contribution is 2.30. The van der Waals surface area contributed by atoms with E-state index in [-0.39, 0.29) is 11.4 Å². The van der Waals surface area contributed by atoms with Gasteiger partial charge in [0.1, 0.15) is 0 Å². The lowest BCUT2D eigenvalue weighted by molar-refractivity contribution is -0.123. The number of hydrogen-bond acceptors (Lipinski definition) is 2. The van der Waals surface area contributed by atoms with Crippen LogP contribution in [0.1, 0.15) is 52.4 Å². The normalized spacial score (nSPS) is 19.4. The molecule has 0 heterocycles. The van der Waals surface area contributed by atoms with Crippen LogP contribution in [0.15, 0.2) is 0 Å². The molecular weight excluding hydrogens is 212 g/mol. The Kier molecular flexibility index (Phi) is 4.59. The van der Waals surface area contributed by atoms with Gasteiger partial charge in [0, 0.05) is 12.0 Å². The lowest BCUT2D eigenvalue weighted by Gasteiger charge is -2.37. The summed E-state index contributed by atoms with van der Waals surface area (Å²) in [7, 11) is 1.95. The number of carbonyl (C=O) groups excluding carboxylic acids is 1. The zero-order valence-corrected chi connectivity index (χ0v) is 11.2. The first-order chi connectivity index (χ1) is 7.93. The van der Waals surface area contributed by atoms with E-state index in [1.807, 2.05) is 20.9 Å². The molecule has 1 aliphatic rings. The fraction of sp³-hybridized carbons (Fsp3) is 0.786. The molecule has 0 bridgehead atoms. The van der Waals surface area contributed by atoms with Gasteiger partial charge in [-0.15, -0.1) is 6.42 Å². The molecule has 1 saturated carbocycles. The van der Waals surface area contributed by atoms with Crippen molar-refractivity contribution in [2.24, 2.45) is 0 Å². The Morgan fingerprint density at radius 1 is 1.35 bits per heavy atom. The van der Waals surface area contributed by atoms with E-state index >= 15 is 0 Å². The lowest BCUT2D eigenvalue weighted by atomic mass is 9.79. The van der Waals surface area contributed by atoms with Gasteiger partial charge in [-0.25, -0.2) is 0 Å².